The highest BCUT2D eigenvalue weighted by Crippen LogP contribution is 2.20. The van der Waals surface area contributed by atoms with Crippen LogP contribution in [-0.4, -0.2) is 43.2 Å². The van der Waals surface area contributed by atoms with Crippen LogP contribution in [0.1, 0.15) is 96.3 Å². The Morgan fingerprint density at radius 1 is 0.760 bits per heavy atom. The predicted molar refractivity (Wildman–Crippen MR) is 99.9 cm³/mol. The number of hydrogen-bond donors (Lipinski definition) is 0. The zero-order valence-corrected chi connectivity index (χ0v) is 18.6. The molecule has 0 atom stereocenters. The number of nitrogens with zero attached hydrogens (tertiary/aromatic N) is 1. The van der Waals surface area contributed by atoms with Gasteiger partial charge >= 0.3 is 5.97 Å². The van der Waals surface area contributed by atoms with Crippen molar-refractivity contribution in [2.24, 2.45) is 0 Å². The van der Waals surface area contributed by atoms with Crippen molar-refractivity contribution in [3.8, 4) is 0 Å². The number of likely N-dealkylation sites (N-methyl/N-ethyl adjacent to an activating group) is 1. The highest BCUT2D eigenvalue weighted by atomic mass is 127. The molecule has 1 heterocycles. The number of halogens is 1. The lowest BCUT2D eigenvalue weighted by Gasteiger charge is -2.32. The Hall–Kier alpha value is 0.160. The van der Waals surface area contributed by atoms with Crippen molar-refractivity contribution >= 4 is 5.97 Å². The van der Waals surface area contributed by atoms with E-state index in [4.69, 9.17) is 4.74 Å². The standard InChI is InChI=1S/C21H40NO2.HI/c1-22(17-13-9-10-14-18-22)19-21(23)24-20-15-11-7-5-3-2-4-6-8-12-16-20;/h20H,2-19H2,1H3;1H/q+1;/p-1. The van der Waals surface area contributed by atoms with Crippen LogP contribution >= 0.6 is 0 Å². The van der Waals surface area contributed by atoms with Gasteiger partial charge in [0.25, 0.3) is 0 Å². The Morgan fingerprint density at radius 2 is 1.16 bits per heavy atom. The van der Waals surface area contributed by atoms with E-state index in [1.165, 1.54) is 83.5 Å². The van der Waals surface area contributed by atoms with Gasteiger partial charge in [-0.15, -0.1) is 0 Å². The Bertz CT molecular complexity index is 342. The third-order valence-electron chi connectivity index (χ3n) is 6.01. The van der Waals surface area contributed by atoms with E-state index in [0.29, 0.717) is 6.54 Å². The van der Waals surface area contributed by atoms with Crippen molar-refractivity contribution in [1.29, 1.82) is 0 Å². The van der Waals surface area contributed by atoms with Crippen LogP contribution in [-0.2, 0) is 9.53 Å². The summed E-state index contributed by atoms with van der Waals surface area (Å²) in [6.07, 6.45) is 19.5. The summed E-state index contributed by atoms with van der Waals surface area (Å²) in [5, 5.41) is 0. The van der Waals surface area contributed by atoms with Gasteiger partial charge in [-0.3, -0.25) is 0 Å². The monoisotopic (exact) mass is 465 g/mol. The molecule has 0 amide bonds. The molecule has 2 rings (SSSR count). The zero-order chi connectivity index (χ0) is 17.1. The zero-order valence-electron chi connectivity index (χ0n) is 16.4. The minimum absolute atomic E-state index is 0. The van der Waals surface area contributed by atoms with Gasteiger partial charge in [-0.1, -0.05) is 44.9 Å². The third-order valence-corrected chi connectivity index (χ3v) is 6.01. The number of carbonyl (C=O) groups is 1. The average Bonchev–Trinajstić information content (AvgIpc) is 2.74. The molecular formula is C21H40INO2. The maximum Gasteiger partial charge on any atom is 0.362 e. The van der Waals surface area contributed by atoms with Crippen molar-refractivity contribution in [3.63, 3.8) is 0 Å². The molecule has 25 heavy (non-hydrogen) atoms. The Balaban J connectivity index is 0.00000312. The summed E-state index contributed by atoms with van der Waals surface area (Å²) < 4.78 is 6.84. The van der Waals surface area contributed by atoms with Crippen molar-refractivity contribution in [2.75, 3.05) is 26.7 Å². The first-order chi connectivity index (χ1) is 11.7. The summed E-state index contributed by atoms with van der Waals surface area (Å²) in [6, 6.07) is 0. The molecule has 0 bridgehead atoms. The molecule has 1 saturated heterocycles. The van der Waals surface area contributed by atoms with Gasteiger partial charge < -0.3 is 33.2 Å². The minimum atomic E-state index is 0. The fourth-order valence-corrected chi connectivity index (χ4v) is 4.39. The third kappa shape index (κ3) is 10.2. The molecule has 0 unspecified atom stereocenters. The molecule has 0 spiro atoms. The van der Waals surface area contributed by atoms with Crippen LogP contribution in [0.4, 0.5) is 0 Å². The van der Waals surface area contributed by atoms with Gasteiger partial charge in [-0.05, 0) is 51.4 Å². The first-order valence-corrected chi connectivity index (χ1v) is 10.7. The fraction of sp³-hybridized carbons (Fsp3) is 0.952. The number of rotatable bonds is 3. The molecule has 2 fully saturated rings. The summed E-state index contributed by atoms with van der Waals surface area (Å²) in [6.45, 7) is 2.86. The Labute approximate surface area is 172 Å². The molecule has 0 aromatic heterocycles. The van der Waals surface area contributed by atoms with Gasteiger partial charge in [-0.2, -0.15) is 0 Å². The molecule has 1 aliphatic heterocycles. The number of likely N-dealkylation sites (tertiary alicyclic amines) is 1. The van der Waals surface area contributed by atoms with Crippen LogP contribution in [0.15, 0.2) is 0 Å². The Kier molecular flexibility index (Phi) is 12.4. The average molecular weight is 465 g/mol. The number of ether oxygens (including phenoxy) is 1. The molecular weight excluding hydrogens is 425 g/mol. The number of hydrogen-bond acceptors (Lipinski definition) is 2. The summed E-state index contributed by atoms with van der Waals surface area (Å²) >= 11 is 0. The molecule has 3 nitrogen and oxygen atoms in total. The molecule has 4 heteroatoms. The van der Waals surface area contributed by atoms with Gasteiger partial charge in [0.05, 0.1) is 20.1 Å². The number of carbonyl (C=O) groups excluding carboxylic acids is 1. The maximum atomic E-state index is 12.5. The van der Waals surface area contributed by atoms with Crippen molar-refractivity contribution < 1.29 is 38.0 Å². The molecule has 0 aromatic rings. The van der Waals surface area contributed by atoms with E-state index in [-0.39, 0.29) is 36.0 Å². The summed E-state index contributed by atoms with van der Waals surface area (Å²) in [5.74, 6) is 0.0523. The SMILES string of the molecule is C[N+]1(CC(=O)OC2CCCCCCCCCCC2)CCCCCC1.[I-]. The van der Waals surface area contributed by atoms with Crippen LogP contribution in [0.2, 0.25) is 0 Å². The van der Waals surface area contributed by atoms with Crippen molar-refractivity contribution in [1.82, 2.24) is 0 Å². The molecule has 1 saturated carbocycles. The highest BCUT2D eigenvalue weighted by Gasteiger charge is 2.28. The van der Waals surface area contributed by atoms with E-state index >= 15 is 0 Å². The Morgan fingerprint density at radius 3 is 1.64 bits per heavy atom. The van der Waals surface area contributed by atoms with E-state index in [1.807, 2.05) is 0 Å². The molecule has 2 aliphatic rings. The molecule has 0 radical (unpaired) electrons. The minimum Gasteiger partial charge on any atom is -1.00 e. The lowest BCUT2D eigenvalue weighted by molar-refractivity contribution is -0.901. The van der Waals surface area contributed by atoms with E-state index in [2.05, 4.69) is 7.05 Å². The summed E-state index contributed by atoms with van der Waals surface area (Å²) in [5.41, 5.74) is 0. The van der Waals surface area contributed by atoms with Crippen LogP contribution in [0, 0.1) is 0 Å². The molecule has 0 aromatic carbocycles. The smallest absolute Gasteiger partial charge is 0.362 e. The van der Waals surface area contributed by atoms with Crippen LogP contribution in [0.25, 0.3) is 0 Å². The lowest BCUT2D eigenvalue weighted by atomic mass is 9.99. The molecule has 1 aliphatic carbocycles. The second kappa shape index (κ2) is 13.3. The first-order valence-electron chi connectivity index (χ1n) is 10.7. The predicted octanol–water partition coefficient (Wildman–Crippen LogP) is 2.23. The number of esters is 1. The van der Waals surface area contributed by atoms with E-state index in [9.17, 15) is 4.79 Å². The normalized spacial score (nSPS) is 24.0. The summed E-state index contributed by atoms with van der Waals surface area (Å²) in [4.78, 5) is 12.5. The molecule has 148 valence electrons. The lowest BCUT2D eigenvalue weighted by Crippen LogP contribution is -3.00. The highest BCUT2D eigenvalue weighted by molar-refractivity contribution is 5.70. The van der Waals surface area contributed by atoms with Crippen LogP contribution in [0.3, 0.4) is 0 Å². The molecule has 0 N–H and O–H groups in total. The van der Waals surface area contributed by atoms with Gasteiger partial charge in [0.2, 0.25) is 0 Å². The van der Waals surface area contributed by atoms with Crippen molar-refractivity contribution in [3.05, 3.63) is 0 Å². The van der Waals surface area contributed by atoms with E-state index < -0.39 is 0 Å². The summed E-state index contributed by atoms with van der Waals surface area (Å²) in [7, 11) is 2.24. The second-order valence-corrected chi connectivity index (χ2v) is 8.51. The second-order valence-electron chi connectivity index (χ2n) is 8.51. The number of quaternary nitrogens is 1. The van der Waals surface area contributed by atoms with Gasteiger partial charge in [0, 0.05) is 0 Å². The van der Waals surface area contributed by atoms with E-state index in [0.717, 1.165) is 30.4 Å². The largest absolute Gasteiger partial charge is 1.00 e. The van der Waals surface area contributed by atoms with Crippen molar-refractivity contribution in [2.45, 2.75) is 102 Å². The fourth-order valence-electron chi connectivity index (χ4n) is 4.39. The van der Waals surface area contributed by atoms with Gasteiger partial charge in [0.1, 0.15) is 6.10 Å². The van der Waals surface area contributed by atoms with E-state index in [1.54, 1.807) is 0 Å². The van der Waals surface area contributed by atoms with Gasteiger partial charge in [-0.25, -0.2) is 4.79 Å². The maximum absolute atomic E-state index is 12.5. The quantitative estimate of drug-likeness (QED) is 0.363. The van der Waals surface area contributed by atoms with Crippen LogP contribution in [0.5, 0.6) is 0 Å². The first kappa shape index (κ1) is 23.2. The van der Waals surface area contributed by atoms with Gasteiger partial charge in [0.15, 0.2) is 6.54 Å². The van der Waals surface area contributed by atoms with Crippen LogP contribution < -0.4 is 24.0 Å². The topological polar surface area (TPSA) is 26.3 Å².